The molecule has 0 spiro atoms. The predicted octanol–water partition coefficient (Wildman–Crippen LogP) is 3.96. The molecule has 3 aromatic rings. The Labute approximate surface area is 266 Å². The quantitative estimate of drug-likeness (QED) is 0.291. The highest BCUT2D eigenvalue weighted by Crippen LogP contribution is 2.33. The van der Waals surface area contributed by atoms with Gasteiger partial charge >= 0.3 is 5.97 Å². The molecule has 5 rings (SSSR count). The Morgan fingerprint density at radius 2 is 1.84 bits per heavy atom. The molecule has 1 N–H and O–H groups in total. The number of thioether (sulfide) groups is 1. The van der Waals surface area contributed by atoms with Crippen LogP contribution >= 0.6 is 11.8 Å². The molecule has 0 aliphatic carbocycles. The van der Waals surface area contributed by atoms with Crippen molar-refractivity contribution >= 4 is 46.8 Å². The van der Waals surface area contributed by atoms with E-state index in [-0.39, 0.29) is 18.4 Å². The van der Waals surface area contributed by atoms with Gasteiger partial charge in [-0.2, -0.15) is 10.1 Å². The summed E-state index contributed by atoms with van der Waals surface area (Å²) in [4.78, 5) is 41.2. The monoisotopic (exact) mass is 634 g/mol. The van der Waals surface area contributed by atoms with E-state index < -0.39 is 17.3 Å². The van der Waals surface area contributed by atoms with Crippen LogP contribution in [0.4, 0.5) is 11.4 Å². The maximum Gasteiger partial charge on any atom is 0.327 e. The average Bonchev–Trinajstić information content (AvgIpc) is 3.78. The number of esters is 1. The Kier molecular flexibility index (Phi) is 10.3. The number of nitrogens with one attached hydrogen (secondary N) is 1. The Bertz CT molecular complexity index is 1550. The van der Waals surface area contributed by atoms with Crippen molar-refractivity contribution in [3.63, 3.8) is 0 Å². The number of hydrogen-bond acceptors (Lipinski definition) is 11. The maximum absolute atomic E-state index is 13.8. The fourth-order valence-electron chi connectivity index (χ4n) is 5.07. The third kappa shape index (κ3) is 7.62. The van der Waals surface area contributed by atoms with Crippen LogP contribution < -0.4 is 15.1 Å². The van der Waals surface area contributed by atoms with Gasteiger partial charge in [0.05, 0.1) is 12.3 Å². The van der Waals surface area contributed by atoms with E-state index >= 15 is 0 Å². The first kappa shape index (κ1) is 31.9. The lowest BCUT2D eigenvalue weighted by Gasteiger charge is -2.20. The molecule has 1 saturated heterocycles. The topological polar surface area (TPSA) is 144 Å². The third-order valence-corrected chi connectivity index (χ3v) is 8.56. The lowest BCUT2D eigenvalue weighted by atomic mass is 10.1. The third-order valence-electron chi connectivity index (χ3n) is 7.41. The molecule has 0 radical (unpaired) electrons. The van der Waals surface area contributed by atoms with Crippen LogP contribution in [0.15, 0.2) is 52.7 Å². The summed E-state index contributed by atoms with van der Waals surface area (Å²) >= 11 is 1.16. The van der Waals surface area contributed by atoms with Crippen molar-refractivity contribution in [1.82, 2.24) is 25.1 Å². The molecule has 2 aliphatic rings. The van der Waals surface area contributed by atoms with Gasteiger partial charge in [-0.25, -0.2) is 4.68 Å². The number of tetrazole rings is 1. The van der Waals surface area contributed by atoms with E-state index in [4.69, 9.17) is 14.6 Å². The molecule has 2 aliphatic heterocycles. The number of likely N-dealkylation sites (tertiary alicyclic amines) is 1. The molecule has 14 heteroatoms. The summed E-state index contributed by atoms with van der Waals surface area (Å²) in [6.07, 6.45) is 2.55. The number of benzene rings is 2. The first-order valence-electron chi connectivity index (χ1n) is 15.2. The molecule has 1 aromatic heterocycles. The minimum Gasteiger partial charge on any atom is -0.480 e. The number of carbonyl (C=O) groups is 3. The molecule has 2 aromatic carbocycles. The Hall–Kier alpha value is -4.46. The number of ether oxygens (including phenoxy) is 2. The van der Waals surface area contributed by atoms with Crippen molar-refractivity contribution in [1.29, 1.82) is 0 Å². The highest BCUT2D eigenvalue weighted by Gasteiger charge is 2.42. The summed E-state index contributed by atoms with van der Waals surface area (Å²) in [7, 11) is 0. The van der Waals surface area contributed by atoms with Crippen LogP contribution in [0.1, 0.15) is 50.7 Å². The second-order valence-electron chi connectivity index (χ2n) is 11.0. The standard InChI is InChI=1S/C31H38N8O5S/c1-5-17-43-26(40)19-38-31(33-35-36-38)45-27-28(37-15-7-8-16-37)34-39(30(27)42)23-12-10-22(11-13-23)32-29(41)24(6-2)44-25-14-9-20(3)18-21(25)4/h9-14,18,24,27H,5-8,15-17,19H2,1-4H3,(H,32,41). The van der Waals surface area contributed by atoms with Crippen LogP contribution in [0, 0.1) is 13.8 Å². The van der Waals surface area contributed by atoms with Crippen molar-refractivity contribution in [3.05, 3.63) is 53.6 Å². The Balaban J connectivity index is 1.28. The van der Waals surface area contributed by atoms with Crippen molar-refractivity contribution in [2.24, 2.45) is 5.10 Å². The number of amidine groups is 1. The van der Waals surface area contributed by atoms with Gasteiger partial charge in [0.1, 0.15) is 18.1 Å². The number of carbonyl (C=O) groups excluding carboxylic acids is 3. The minimum atomic E-state index is -0.702. The van der Waals surface area contributed by atoms with Gasteiger partial charge < -0.3 is 19.7 Å². The largest absolute Gasteiger partial charge is 0.480 e. The second kappa shape index (κ2) is 14.5. The van der Waals surface area contributed by atoms with Gasteiger partial charge in [0.15, 0.2) is 11.4 Å². The molecule has 1 fully saturated rings. The molecule has 238 valence electrons. The summed E-state index contributed by atoms with van der Waals surface area (Å²) in [5, 5.41) is 20.4. The van der Waals surface area contributed by atoms with Crippen LogP contribution in [0.5, 0.6) is 5.75 Å². The smallest absolute Gasteiger partial charge is 0.327 e. The zero-order valence-electron chi connectivity index (χ0n) is 25.9. The molecule has 0 saturated carbocycles. The van der Waals surface area contributed by atoms with Crippen LogP contribution in [-0.2, 0) is 25.7 Å². The van der Waals surface area contributed by atoms with Crippen LogP contribution in [0.2, 0.25) is 0 Å². The van der Waals surface area contributed by atoms with E-state index in [1.807, 2.05) is 45.9 Å². The fraction of sp³-hybridized carbons (Fsp3) is 0.452. The summed E-state index contributed by atoms with van der Waals surface area (Å²) in [5.41, 5.74) is 3.22. The van der Waals surface area contributed by atoms with Crippen molar-refractivity contribution in [2.75, 3.05) is 30.0 Å². The van der Waals surface area contributed by atoms with E-state index in [0.29, 0.717) is 47.6 Å². The number of hydrogen-bond donors (Lipinski definition) is 1. The summed E-state index contributed by atoms with van der Waals surface area (Å²) in [6, 6.07) is 12.8. The zero-order chi connectivity index (χ0) is 31.9. The zero-order valence-corrected chi connectivity index (χ0v) is 26.7. The summed E-state index contributed by atoms with van der Waals surface area (Å²) < 4.78 is 12.5. The molecule has 13 nitrogen and oxygen atoms in total. The van der Waals surface area contributed by atoms with Crippen molar-refractivity contribution < 1.29 is 23.9 Å². The first-order valence-corrected chi connectivity index (χ1v) is 16.1. The first-order chi connectivity index (χ1) is 21.8. The number of amides is 2. The molecule has 3 heterocycles. The van der Waals surface area contributed by atoms with Gasteiger partial charge in [-0.1, -0.05) is 43.3 Å². The van der Waals surface area contributed by atoms with Crippen LogP contribution in [0.25, 0.3) is 0 Å². The fourth-order valence-corrected chi connectivity index (χ4v) is 6.09. The van der Waals surface area contributed by atoms with Gasteiger partial charge in [0.25, 0.3) is 11.8 Å². The molecule has 0 bridgehead atoms. The number of nitrogens with zero attached hydrogens (tertiary/aromatic N) is 7. The predicted molar refractivity (Wildman–Crippen MR) is 170 cm³/mol. The molecular weight excluding hydrogens is 596 g/mol. The van der Waals surface area contributed by atoms with E-state index in [2.05, 4.69) is 25.7 Å². The average molecular weight is 635 g/mol. The molecule has 2 unspecified atom stereocenters. The lowest BCUT2D eigenvalue weighted by Crippen LogP contribution is -2.37. The van der Waals surface area contributed by atoms with E-state index in [1.54, 1.807) is 24.3 Å². The molecule has 45 heavy (non-hydrogen) atoms. The summed E-state index contributed by atoms with van der Waals surface area (Å²) in [5.74, 6) is 0.333. The van der Waals surface area contributed by atoms with Crippen molar-refractivity contribution in [2.45, 2.75) is 76.4 Å². The maximum atomic E-state index is 13.8. The number of rotatable bonds is 12. The van der Waals surface area contributed by atoms with Crippen molar-refractivity contribution in [3.8, 4) is 5.75 Å². The lowest BCUT2D eigenvalue weighted by molar-refractivity contribution is -0.144. The Morgan fingerprint density at radius 1 is 1.09 bits per heavy atom. The van der Waals surface area contributed by atoms with Gasteiger partial charge in [-0.15, -0.1) is 5.10 Å². The van der Waals surface area contributed by atoms with E-state index in [0.717, 1.165) is 48.8 Å². The molecule has 2 atom stereocenters. The van der Waals surface area contributed by atoms with Gasteiger partial charge in [0.2, 0.25) is 5.16 Å². The van der Waals surface area contributed by atoms with Gasteiger partial charge in [0, 0.05) is 18.8 Å². The van der Waals surface area contributed by atoms with Gasteiger partial charge in [-0.3, -0.25) is 14.4 Å². The highest BCUT2D eigenvalue weighted by molar-refractivity contribution is 8.01. The van der Waals surface area contributed by atoms with Gasteiger partial charge in [-0.05, 0) is 85.9 Å². The number of aryl methyl sites for hydroxylation is 2. The number of aromatic nitrogens is 4. The normalized spacial score (nSPS) is 16.9. The van der Waals surface area contributed by atoms with Crippen LogP contribution in [0.3, 0.4) is 0 Å². The molecule has 2 amide bonds. The van der Waals surface area contributed by atoms with E-state index in [9.17, 15) is 14.4 Å². The Morgan fingerprint density at radius 3 is 2.53 bits per heavy atom. The highest BCUT2D eigenvalue weighted by atomic mass is 32.2. The number of hydrazone groups is 1. The molecular formula is C31H38N8O5S. The minimum absolute atomic E-state index is 0.155. The summed E-state index contributed by atoms with van der Waals surface area (Å²) in [6.45, 7) is 9.52. The van der Waals surface area contributed by atoms with E-state index in [1.165, 1.54) is 9.69 Å². The second-order valence-corrected chi connectivity index (χ2v) is 12.0. The number of anilines is 2. The SMILES string of the molecule is CCCOC(=O)Cn1nnnc1SC1C(=O)N(c2ccc(NC(=O)C(CC)Oc3ccc(C)cc3C)cc2)N=C1N1CCCC1. The van der Waals surface area contributed by atoms with Crippen LogP contribution in [-0.4, -0.2) is 79.8 Å².